The normalized spacial score (nSPS) is 10.3. The molecule has 1 aromatic carbocycles. The first kappa shape index (κ1) is 17.1. The fourth-order valence-corrected chi connectivity index (χ4v) is 4.27. The van der Waals surface area contributed by atoms with Crippen molar-refractivity contribution in [2.45, 2.75) is 11.1 Å². The van der Waals surface area contributed by atoms with Gasteiger partial charge in [-0.15, -0.1) is 11.3 Å². The smallest absolute Gasteiger partial charge is 0.318 e. The molecule has 0 atom stereocenters. The number of nitrogens with one attached hydrogen (secondary N) is 2. The number of aryl methyl sites for hydroxylation is 1. The highest BCUT2D eigenvalue weighted by Gasteiger charge is 1.99. The molecule has 22 heavy (non-hydrogen) atoms. The van der Waals surface area contributed by atoms with Gasteiger partial charge in [-0.3, -0.25) is 4.79 Å². The third-order valence-corrected chi connectivity index (χ3v) is 5.29. The molecule has 0 aliphatic carbocycles. The number of hydrogen-bond donors (Lipinski definition) is 3. The van der Waals surface area contributed by atoms with Crippen molar-refractivity contribution < 1.29 is 9.90 Å². The highest BCUT2D eigenvalue weighted by molar-refractivity contribution is 9.11. The zero-order valence-electron chi connectivity index (χ0n) is 11.8. The molecule has 3 N–H and O–H groups in total. The minimum Gasteiger partial charge on any atom is -0.480 e. The summed E-state index contributed by atoms with van der Waals surface area (Å²) in [4.78, 5) is 13.3. The number of carboxylic acids is 1. The van der Waals surface area contributed by atoms with Crippen LogP contribution in [0.5, 0.6) is 0 Å². The Labute approximate surface area is 145 Å². The van der Waals surface area contributed by atoms with Gasteiger partial charge in [0.2, 0.25) is 0 Å². The molecule has 116 valence electrons. The van der Waals surface area contributed by atoms with Gasteiger partial charge in [0.05, 0.1) is 8.00 Å². The summed E-state index contributed by atoms with van der Waals surface area (Å²) in [7, 11) is 0. The van der Waals surface area contributed by atoms with Crippen LogP contribution in [0.25, 0.3) is 10.9 Å². The second-order valence-corrected chi connectivity index (χ2v) is 8.05. The zero-order valence-corrected chi connectivity index (χ0v) is 15.0. The molecule has 0 unspecified atom stereocenters. The van der Waals surface area contributed by atoms with Crippen LogP contribution >= 0.6 is 39.2 Å². The van der Waals surface area contributed by atoms with E-state index in [1.165, 1.54) is 28.4 Å². The van der Waals surface area contributed by atoms with Gasteiger partial charge < -0.3 is 10.1 Å². The predicted molar refractivity (Wildman–Crippen MR) is 96.6 cm³/mol. The third-order valence-electron chi connectivity index (χ3n) is 2.74. The van der Waals surface area contributed by atoms with E-state index in [0.717, 1.165) is 8.00 Å². The monoisotopic (exact) mass is 398 g/mol. The number of benzene rings is 1. The standard InChI is InChI=1S/C9H9N.C6H6BrNO2S2/c1-7-6-10-9-5-3-2-4-8(7)9;7-4-1-2-6(11-4)12-8-3-5(9)10/h2-6,10H,1H3;1-2,8H,3H2,(H,9,10). The minimum atomic E-state index is -0.849. The highest BCUT2D eigenvalue weighted by Crippen LogP contribution is 2.28. The molecule has 0 fully saturated rings. The molecule has 7 heteroatoms. The van der Waals surface area contributed by atoms with Crippen molar-refractivity contribution in [1.29, 1.82) is 0 Å². The Morgan fingerprint density at radius 3 is 2.77 bits per heavy atom. The topological polar surface area (TPSA) is 65.1 Å². The van der Waals surface area contributed by atoms with Crippen molar-refractivity contribution in [3.05, 3.63) is 51.9 Å². The number of carboxylic acid groups (broad SMARTS) is 1. The lowest BCUT2D eigenvalue weighted by Crippen LogP contribution is -2.14. The third kappa shape index (κ3) is 5.17. The van der Waals surface area contributed by atoms with Crippen molar-refractivity contribution in [2.24, 2.45) is 0 Å². The Morgan fingerprint density at radius 1 is 1.36 bits per heavy atom. The van der Waals surface area contributed by atoms with Gasteiger partial charge in [0.15, 0.2) is 0 Å². The van der Waals surface area contributed by atoms with Crippen molar-refractivity contribution in [3.63, 3.8) is 0 Å². The Morgan fingerprint density at radius 2 is 2.14 bits per heavy atom. The number of aromatic nitrogens is 1. The molecule has 4 nitrogen and oxygen atoms in total. The number of H-pyrrole nitrogens is 1. The number of carbonyl (C=O) groups is 1. The van der Waals surface area contributed by atoms with E-state index in [1.54, 1.807) is 11.3 Å². The lowest BCUT2D eigenvalue weighted by molar-refractivity contribution is -0.135. The Balaban J connectivity index is 0.000000162. The summed E-state index contributed by atoms with van der Waals surface area (Å²) in [5, 5.41) is 9.64. The summed E-state index contributed by atoms with van der Waals surface area (Å²) >= 11 is 6.20. The van der Waals surface area contributed by atoms with Gasteiger partial charge >= 0.3 is 5.97 Å². The van der Waals surface area contributed by atoms with E-state index in [-0.39, 0.29) is 6.54 Å². The maximum Gasteiger partial charge on any atom is 0.318 e. The van der Waals surface area contributed by atoms with Gasteiger partial charge in [-0.25, -0.2) is 4.72 Å². The van der Waals surface area contributed by atoms with Crippen LogP contribution < -0.4 is 4.72 Å². The summed E-state index contributed by atoms with van der Waals surface area (Å²) < 4.78 is 4.81. The molecule has 3 aromatic rings. The Kier molecular flexibility index (Phi) is 6.50. The Bertz CT molecular complexity index is 755. The molecule has 2 heterocycles. The van der Waals surface area contributed by atoms with Crippen LogP contribution in [0.3, 0.4) is 0 Å². The van der Waals surface area contributed by atoms with E-state index in [1.807, 2.05) is 24.4 Å². The fourth-order valence-electron chi connectivity index (χ4n) is 1.74. The van der Waals surface area contributed by atoms with Gasteiger partial charge in [-0.2, -0.15) is 0 Å². The summed E-state index contributed by atoms with van der Waals surface area (Å²) in [6.07, 6.45) is 2.03. The molecule has 0 aliphatic rings. The quantitative estimate of drug-likeness (QED) is 0.558. The average molecular weight is 399 g/mol. The molecule has 3 rings (SSSR count). The number of rotatable bonds is 4. The van der Waals surface area contributed by atoms with E-state index in [4.69, 9.17) is 5.11 Å². The van der Waals surface area contributed by atoms with Crippen LogP contribution in [0.4, 0.5) is 0 Å². The van der Waals surface area contributed by atoms with Crippen molar-refractivity contribution in [1.82, 2.24) is 9.71 Å². The molecule has 0 aliphatic heterocycles. The van der Waals surface area contributed by atoms with E-state index < -0.39 is 5.97 Å². The maximum absolute atomic E-state index is 10.1. The van der Waals surface area contributed by atoms with Gasteiger partial charge in [0.25, 0.3) is 0 Å². The molecule has 0 bridgehead atoms. The zero-order chi connectivity index (χ0) is 15.9. The van der Waals surface area contributed by atoms with E-state index in [2.05, 4.69) is 50.8 Å². The summed E-state index contributed by atoms with van der Waals surface area (Å²) in [6.45, 7) is 2.08. The first-order valence-corrected chi connectivity index (χ1v) is 8.88. The average Bonchev–Trinajstić information content (AvgIpc) is 3.07. The van der Waals surface area contributed by atoms with Crippen molar-refractivity contribution in [2.75, 3.05) is 6.54 Å². The molecular formula is C15H15BrN2O2S2. The number of para-hydroxylation sites is 1. The summed E-state index contributed by atoms with van der Waals surface area (Å²) in [6, 6.07) is 12.2. The van der Waals surface area contributed by atoms with Gasteiger partial charge in [0, 0.05) is 17.1 Å². The van der Waals surface area contributed by atoms with Gasteiger partial charge in [-0.1, -0.05) is 18.2 Å². The van der Waals surface area contributed by atoms with Crippen LogP contribution in [0, 0.1) is 6.92 Å². The van der Waals surface area contributed by atoms with Gasteiger partial charge in [0.1, 0.15) is 6.54 Å². The number of aliphatic carboxylic acids is 1. The number of aromatic amines is 1. The van der Waals surface area contributed by atoms with Crippen molar-refractivity contribution >= 4 is 56.1 Å². The van der Waals surface area contributed by atoms with Crippen LogP contribution in [0.1, 0.15) is 5.56 Å². The van der Waals surface area contributed by atoms with Crippen LogP contribution in [-0.2, 0) is 4.79 Å². The minimum absolute atomic E-state index is 0.0276. The maximum atomic E-state index is 10.1. The lowest BCUT2D eigenvalue weighted by Gasteiger charge is -1.95. The molecule has 0 radical (unpaired) electrons. The number of fused-ring (bicyclic) bond motifs is 1. The molecule has 0 saturated heterocycles. The lowest BCUT2D eigenvalue weighted by atomic mass is 10.2. The fraction of sp³-hybridized carbons (Fsp3) is 0.133. The van der Waals surface area contributed by atoms with E-state index in [0.29, 0.717) is 0 Å². The molecule has 2 aromatic heterocycles. The number of thiophene rings is 1. The number of halogens is 1. The highest BCUT2D eigenvalue weighted by atomic mass is 79.9. The molecule has 0 amide bonds. The Hall–Kier alpha value is -1.28. The summed E-state index contributed by atoms with van der Waals surface area (Å²) in [5.74, 6) is -0.849. The van der Waals surface area contributed by atoms with E-state index >= 15 is 0 Å². The van der Waals surface area contributed by atoms with Crippen LogP contribution in [0.15, 0.2) is 50.6 Å². The molecule has 0 spiro atoms. The van der Waals surface area contributed by atoms with Crippen LogP contribution in [0.2, 0.25) is 0 Å². The second-order valence-electron chi connectivity index (χ2n) is 4.39. The second kappa shape index (κ2) is 8.38. The van der Waals surface area contributed by atoms with Crippen molar-refractivity contribution in [3.8, 4) is 0 Å². The summed E-state index contributed by atoms with van der Waals surface area (Å²) in [5.41, 5.74) is 2.54. The molecule has 0 saturated carbocycles. The van der Waals surface area contributed by atoms with E-state index in [9.17, 15) is 4.79 Å². The molecular weight excluding hydrogens is 384 g/mol. The predicted octanol–water partition coefficient (Wildman–Crippen LogP) is 4.67. The van der Waals surface area contributed by atoms with Gasteiger partial charge in [-0.05, 0) is 58.6 Å². The van der Waals surface area contributed by atoms with Crippen LogP contribution in [-0.4, -0.2) is 22.6 Å². The number of hydrogen-bond acceptors (Lipinski definition) is 4. The SMILES string of the molecule is Cc1c[nH]c2ccccc12.O=C(O)CNSc1ccc(Br)s1. The largest absolute Gasteiger partial charge is 0.480 e. The first-order chi connectivity index (χ1) is 10.6. The first-order valence-electron chi connectivity index (χ1n) is 6.46.